The molecule has 9 nitrogen and oxygen atoms in total. The average Bonchev–Trinajstić information content (AvgIpc) is 3.15. The summed E-state index contributed by atoms with van der Waals surface area (Å²) in [6, 6.07) is 20.4. The lowest BCUT2D eigenvalue weighted by Crippen LogP contribution is -2.51. The lowest BCUT2D eigenvalue weighted by Gasteiger charge is -2.30. The van der Waals surface area contributed by atoms with E-state index in [0.29, 0.717) is 17.6 Å². The molecular formula is C28H22N4O5. The largest absolute Gasteiger partial charge is 0.322 e. The number of carbonyl (C=O) groups excluding carboxylic acids is 3. The predicted octanol–water partition coefficient (Wildman–Crippen LogP) is 4.63. The molecule has 1 aliphatic rings. The van der Waals surface area contributed by atoms with Gasteiger partial charge in [-0.25, -0.2) is 0 Å². The van der Waals surface area contributed by atoms with E-state index in [4.69, 9.17) is 0 Å². The maximum absolute atomic E-state index is 13.8. The number of hydrogen-bond donors (Lipinski definition) is 1. The molecule has 0 bridgehead atoms. The van der Waals surface area contributed by atoms with E-state index in [1.807, 2.05) is 12.1 Å². The Morgan fingerprint density at radius 1 is 0.946 bits per heavy atom. The Hall–Kier alpha value is -4.92. The van der Waals surface area contributed by atoms with E-state index in [9.17, 15) is 24.5 Å². The number of carbonyl (C=O) groups is 3. The third kappa shape index (κ3) is 4.42. The van der Waals surface area contributed by atoms with Crippen LogP contribution in [0.1, 0.15) is 33.2 Å². The Morgan fingerprint density at radius 2 is 1.59 bits per heavy atom. The van der Waals surface area contributed by atoms with Crippen molar-refractivity contribution in [3.05, 3.63) is 112 Å². The molecule has 9 heteroatoms. The maximum Gasteiger partial charge on any atom is 0.269 e. The van der Waals surface area contributed by atoms with Gasteiger partial charge in [-0.05, 0) is 42.2 Å². The molecule has 3 amide bonds. The van der Waals surface area contributed by atoms with Crippen molar-refractivity contribution in [3.8, 4) is 0 Å². The van der Waals surface area contributed by atoms with Gasteiger partial charge >= 0.3 is 0 Å². The van der Waals surface area contributed by atoms with E-state index in [-0.39, 0.29) is 16.8 Å². The predicted molar refractivity (Wildman–Crippen MR) is 137 cm³/mol. The number of anilines is 1. The molecule has 2 heterocycles. The summed E-state index contributed by atoms with van der Waals surface area (Å²) in [7, 11) is 0. The minimum atomic E-state index is -1.14. The highest BCUT2D eigenvalue weighted by Gasteiger charge is 2.45. The first-order valence-electron chi connectivity index (χ1n) is 11.7. The van der Waals surface area contributed by atoms with Crippen LogP contribution in [-0.4, -0.2) is 38.6 Å². The number of nitrogens with zero attached hydrogens (tertiary/aromatic N) is 3. The number of imide groups is 1. The molecule has 0 saturated heterocycles. The maximum atomic E-state index is 13.8. The average molecular weight is 495 g/mol. The van der Waals surface area contributed by atoms with Gasteiger partial charge in [0.1, 0.15) is 6.04 Å². The van der Waals surface area contributed by atoms with Gasteiger partial charge in [-0.2, -0.15) is 0 Å². The van der Waals surface area contributed by atoms with E-state index < -0.39 is 34.6 Å². The highest BCUT2D eigenvalue weighted by molar-refractivity contribution is 6.23. The molecule has 4 aromatic rings. The Morgan fingerprint density at radius 3 is 2.24 bits per heavy atom. The van der Waals surface area contributed by atoms with Crippen LogP contribution in [0.2, 0.25) is 0 Å². The highest BCUT2D eigenvalue weighted by atomic mass is 16.6. The summed E-state index contributed by atoms with van der Waals surface area (Å²) >= 11 is 0. The monoisotopic (exact) mass is 494 g/mol. The summed E-state index contributed by atoms with van der Waals surface area (Å²) in [6.45, 7) is 1.77. The van der Waals surface area contributed by atoms with E-state index in [2.05, 4.69) is 10.3 Å². The molecule has 184 valence electrons. The molecule has 1 aromatic heterocycles. The Balaban J connectivity index is 1.50. The summed E-state index contributed by atoms with van der Waals surface area (Å²) in [6.07, 6.45) is 1.92. The molecule has 0 saturated carbocycles. The molecule has 5 rings (SSSR count). The molecule has 0 radical (unpaired) electrons. The number of nitro benzene ring substituents is 1. The van der Waals surface area contributed by atoms with Gasteiger partial charge in [-0.1, -0.05) is 49.4 Å². The van der Waals surface area contributed by atoms with Gasteiger partial charge in [0.05, 0.1) is 27.3 Å². The highest BCUT2D eigenvalue weighted by Crippen LogP contribution is 2.30. The number of nitro groups is 1. The molecule has 0 aliphatic carbocycles. The number of non-ortho nitro benzene ring substituents is 1. The van der Waals surface area contributed by atoms with Crippen LogP contribution >= 0.6 is 0 Å². The van der Waals surface area contributed by atoms with Crippen molar-refractivity contribution >= 4 is 40.0 Å². The normalized spacial score (nSPS) is 14.4. The topological polar surface area (TPSA) is 123 Å². The van der Waals surface area contributed by atoms with Gasteiger partial charge < -0.3 is 5.32 Å². The summed E-state index contributed by atoms with van der Waals surface area (Å²) in [4.78, 5) is 56.4. The standard InChI is InChI=1S/C28H22N4O5/c1-17(16-18-11-13-20(14-12-18)32(36)37)25(31-27(34)21-8-2-3-9-22(21)28(31)35)26(33)30-23-10-4-6-19-7-5-15-29-24(19)23/h2-15,17,25H,16H2,1H3,(H,30,33). The summed E-state index contributed by atoms with van der Waals surface area (Å²) in [5, 5.41) is 14.7. The van der Waals surface area contributed by atoms with Crippen molar-refractivity contribution in [2.75, 3.05) is 5.32 Å². The van der Waals surface area contributed by atoms with Crippen LogP contribution < -0.4 is 5.32 Å². The van der Waals surface area contributed by atoms with E-state index in [1.165, 1.54) is 12.1 Å². The van der Waals surface area contributed by atoms with Crippen molar-refractivity contribution < 1.29 is 19.3 Å². The second kappa shape index (κ2) is 9.62. The van der Waals surface area contributed by atoms with E-state index in [1.54, 1.807) is 67.7 Å². The fourth-order valence-electron chi connectivity index (χ4n) is 4.74. The first-order chi connectivity index (χ1) is 17.8. The molecule has 3 aromatic carbocycles. The first kappa shape index (κ1) is 23.8. The van der Waals surface area contributed by atoms with Crippen LogP contribution in [0.3, 0.4) is 0 Å². The van der Waals surface area contributed by atoms with Crippen molar-refractivity contribution in [1.29, 1.82) is 0 Å². The lowest BCUT2D eigenvalue weighted by atomic mass is 9.91. The van der Waals surface area contributed by atoms with Crippen LogP contribution in [0.5, 0.6) is 0 Å². The van der Waals surface area contributed by atoms with Crippen LogP contribution in [0.4, 0.5) is 11.4 Å². The zero-order valence-electron chi connectivity index (χ0n) is 19.8. The summed E-state index contributed by atoms with van der Waals surface area (Å²) < 4.78 is 0. The quantitative estimate of drug-likeness (QED) is 0.227. The molecular weight excluding hydrogens is 472 g/mol. The molecule has 2 unspecified atom stereocenters. The minimum Gasteiger partial charge on any atom is -0.322 e. The van der Waals surface area contributed by atoms with Gasteiger partial charge in [-0.3, -0.25) is 34.4 Å². The number of amides is 3. The Bertz CT molecular complexity index is 1510. The molecule has 0 fully saturated rings. The Kier molecular flexibility index (Phi) is 6.19. The molecule has 2 atom stereocenters. The fraction of sp³-hybridized carbons (Fsp3) is 0.143. The summed E-state index contributed by atoms with van der Waals surface area (Å²) in [5.41, 5.74) is 2.24. The van der Waals surface area contributed by atoms with Gasteiger partial charge in [0.2, 0.25) is 5.91 Å². The van der Waals surface area contributed by atoms with Crippen molar-refractivity contribution in [1.82, 2.24) is 9.88 Å². The number of benzene rings is 3. The molecule has 1 aliphatic heterocycles. The van der Waals surface area contributed by atoms with Gasteiger partial charge in [0.25, 0.3) is 17.5 Å². The first-order valence-corrected chi connectivity index (χ1v) is 11.7. The van der Waals surface area contributed by atoms with Crippen molar-refractivity contribution in [2.24, 2.45) is 5.92 Å². The zero-order chi connectivity index (χ0) is 26.1. The second-order valence-corrected chi connectivity index (χ2v) is 8.95. The van der Waals surface area contributed by atoms with Crippen molar-refractivity contribution in [2.45, 2.75) is 19.4 Å². The molecule has 0 spiro atoms. The number of para-hydroxylation sites is 1. The number of fused-ring (bicyclic) bond motifs is 2. The second-order valence-electron chi connectivity index (χ2n) is 8.95. The molecule has 1 N–H and O–H groups in total. The smallest absolute Gasteiger partial charge is 0.269 e. The zero-order valence-corrected chi connectivity index (χ0v) is 19.8. The third-order valence-corrected chi connectivity index (χ3v) is 6.51. The van der Waals surface area contributed by atoms with Crippen molar-refractivity contribution in [3.63, 3.8) is 0 Å². The fourth-order valence-corrected chi connectivity index (χ4v) is 4.74. The molecule has 37 heavy (non-hydrogen) atoms. The van der Waals surface area contributed by atoms with Gasteiger partial charge in [0.15, 0.2) is 0 Å². The van der Waals surface area contributed by atoms with E-state index in [0.717, 1.165) is 15.8 Å². The summed E-state index contributed by atoms with van der Waals surface area (Å²) in [5.74, 6) is -2.10. The SMILES string of the molecule is CC(Cc1ccc([N+](=O)[O-])cc1)C(C(=O)Nc1cccc2cccnc12)N1C(=O)c2ccccc2C1=O. The number of pyridine rings is 1. The van der Waals surface area contributed by atoms with Crippen LogP contribution in [0.25, 0.3) is 10.9 Å². The van der Waals surface area contributed by atoms with Crippen LogP contribution in [0, 0.1) is 16.0 Å². The number of hydrogen-bond acceptors (Lipinski definition) is 6. The lowest BCUT2D eigenvalue weighted by molar-refractivity contribution is -0.384. The van der Waals surface area contributed by atoms with Gasteiger partial charge in [0, 0.05) is 23.7 Å². The number of aromatic nitrogens is 1. The van der Waals surface area contributed by atoms with E-state index >= 15 is 0 Å². The third-order valence-electron chi connectivity index (χ3n) is 6.51. The minimum absolute atomic E-state index is 0.0468. The Labute approximate surface area is 211 Å². The number of nitrogens with one attached hydrogen (secondary N) is 1. The van der Waals surface area contributed by atoms with Crippen LogP contribution in [0.15, 0.2) is 85.1 Å². The number of rotatable bonds is 7. The van der Waals surface area contributed by atoms with Crippen LogP contribution in [-0.2, 0) is 11.2 Å². The van der Waals surface area contributed by atoms with Gasteiger partial charge in [-0.15, -0.1) is 0 Å².